The molecule has 0 radical (unpaired) electrons. The van der Waals surface area contributed by atoms with Crippen molar-refractivity contribution in [3.8, 4) is 17.2 Å². The van der Waals surface area contributed by atoms with E-state index in [2.05, 4.69) is 10.3 Å². The maximum atomic E-state index is 12.3. The SMILES string of the molecule is COc1cc(C(=O)Nc2ccc(N)nc2)cc(OC)c1OC. The Balaban J connectivity index is 2.31. The first-order valence-corrected chi connectivity index (χ1v) is 6.42. The molecule has 2 rings (SSSR count). The van der Waals surface area contributed by atoms with Crippen molar-refractivity contribution in [1.29, 1.82) is 0 Å². The zero-order valence-corrected chi connectivity index (χ0v) is 12.5. The summed E-state index contributed by atoms with van der Waals surface area (Å²) >= 11 is 0. The van der Waals surface area contributed by atoms with Crippen molar-refractivity contribution < 1.29 is 19.0 Å². The first-order chi connectivity index (χ1) is 10.6. The van der Waals surface area contributed by atoms with Crippen LogP contribution in [0.1, 0.15) is 10.4 Å². The zero-order valence-electron chi connectivity index (χ0n) is 12.5. The van der Waals surface area contributed by atoms with Gasteiger partial charge in [0, 0.05) is 5.56 Å². The Morgan fingerprint density at radius 2 is 1.73 bits per heavy atom. The van der Waals surface area contributed by atoms with Crippen molar-refractivity contribution >= 4 is 17.4 Å². The minimum absolute atomic E-state index is 0.328. The van der Waals surface area contributed by atoms with E-state index in [-0.39, 0.29) is 5.91 Å². The number of ether oxygens (including phenoxy) is 3. The lowest BCUT2D eigenvalue weighted by Gasteiger charge is -2.14. The van der Waals surface area contributed by atoms with Crippen LogP contribution in [0.2, 0.25) is 0 Å². The predicted molar refractivity (Wildman–Crippen MR) is 82.7 cm³/mol. The molecule has 0 saturated carbocycles. The minimum Gasteiger partial charge on any atom is -0.493 e. The molecular weight excluding hydrogens is 286 g/mol. The molecule has 1 heterocycles. The third-order valence-corrected chi connectivity index (χ3v) is 2.97. The molecule has 0 aliphatic carbocycles. The average molecular weight is 303 g/mol. The standard InChI is InChI=1S/C15H17N3O4/c1-20-11-6-9(7-12(21-2)14(11)22-3)15(19)18-10-4-5-13(16)17-8-10/h4-8H,1-3H3,(H2,16,17)(H,18,19). The third kappa shape index (κ3) is 3.20. The second kappa shape index (κ2) is 6.66. The summed E-state index contributed by atoms with van der Waals surface area (Å²) in [5.41, 5.74) is 6.41. The van der Waals surface area contributed by atoms with Gasteiger partial charge in [-0.3, -0.25) is 4.79 Å². The summed E-state index contributed by atoms with van der Waals surface area (Å²) in [6, 6.07) is 6.41. The lowest BCUT2D eigenvalue weighted by atomic mass is 10.1. The van der Waals surface area contributed by atoms with Crippen LogP contribution in [-0.2, 0) is 0 Å². The summed E-state index contributed by atoms with van der Waals surface area (Å²) < 4.78 is 15.7. The normalized spacial score (nSPS) is 9.95. The fourth-order valence-corrected chi connectivity index (χ4v) is 1.89. The summed E-state index contributed by atoms with van der Waals surface area (Å²) in [7, 11) is 4.48. The van der Waals surface area contributed by atoms with Crippen LogP contribution in [0.3, 0.4) is 0 Å². The van der Waals surface area contributed by atoms with Crippen LogP contribution >= 0.6 is 0 Å². The molecule has 2 aromatic rings. The summed E-state index contributed by atoms with van der Waals surface area (Å²) in [5, 5.41) is 2.72. The largest absolute Gasteiger partial charge is 0.493 e. The van der Waals surface area contributed by atoms with Crippen molar-refractivity contribution in [2.75, 3.05) is 32.4 Å². The number of nitrogen functional groups attached to an aromatic ring is 1. The smallest absolute Gasteiger partial charge is 0.255 e. The molecule has 0 bridgehead atoms. The second-order valence-electron chi connectivity index (χ2n) is 4.34. The van der Waals surface area contributed by atoms with E-state index in [1.165, 1.54) is 27.5 Å². The molecular formula is C15H17N3O4. The van der Waals surface area contributed by atoms with Crippen LogP contribution in [0.5, 0.6) is 17.2 Å². The second-order valence-corrected chi connectivity index (χ2v) is 4.34. The number of carbonyl (C=O) groups excluding carboxylic acids is 1. The van der Waals surface area contributed by atoms with Gasteiger partial charge in [-0.05, 0) is 24.3 Å². The van der Waals surface area contributed by atoms with Crippen LogP contribution in [-0.4, -0.2) is 32.2 Å². The Kier molecular flexibility index (Phi) is 4.67. The van der Waals surface area contributed by atoms with Crippen molar-refractivity contribution in [3.63, 3.8) is 0 Å². The lowest BCUT2D eigenvalue weighted by molar-refractivity contribution is 0.102. The van der Waals surface area contributed by atoms with E-state index >= 15 is 0 Å². The summed E-state index contributed by atoms with van der Waals surface area (Å²) in [6.45, 7) is 0. The molecule has 0 aliphatic rings. The Labute approximate surface area is 128 Å². The highest BCUT2D eigenvalue weighted by atomic mass is 16.5. The zero-order chi connectivity index (χ0) is 16.1. The fourth-order valence-electron chi connectivity index (χ4n) is 1.89. The number of aromatic nitrogens is 1. The van der Waals surface area contributed by atoms with E-state index in [4.69, 9.17) is 19.9 Å². The van der Waals surface area contributed by atoms with Gasteiger partial charge in [0.25, 0.3) is 5.91 Å². The molecule has 0 unspecified atom stereocenters. The van der Waals surface area contributed by atoms with Gasteiger partial charge in [-0.15, -0.1) is 0 Å². The van der Waals surface area contributed by atoms with Crippen molar-refractivity contribution in [1.82, 2.24) is 4.98 Å². The van der Waals surface area contributed by atoms with E-state index in [1.54, 1.807) is 24.3 Å². The Hall–Kier alpha value is -2.96. The van der Waals surface area contributed by atoms with E-state index in [1.807, 2.05) is 0 Å². The number of amides is 1. The summed E-state index contributed by atoms with van der Waals surface area (Å²) in [5.74, 6) is 1.29. The topological polar surface area (TPSA) is 95.7 Å². The first-order valence-electron chi connectivity index (χ1n) is 6.42. The molecule has 1 amide bonds. The number of benzene rings is 1. The number of carbonyl (C=O) groups is 1. The van der Waals surface area contributed by atoms with Gasteiger partial charge in [-0.25, -0.2) is 4.98 Å². The molecule has 3 N–H and O–H groups in total. The number of anilines is 2. The molecule has 0 atom stereocenters. The highest BCUT2D eigenvalue weighted by Gasteiger charge is 2.17. The molecule has 22 heavy (non-hydrogen) atoms. The van der Waals surface area contributed by atoms with Crippen molar-refractivity contribution in [3.05, 3.63) is 36.0 Å². The van der Waals surface area contributed by atoms with E-state index < -0.39 is 0 Å². The first kappa shape index (κ1) is 15.4. The molecule has 7 heteroatoms. The Morgan fingerprint density at radius 3 is 2.18 bits per heavy atom. The number of pyridine rings is 1. The van der Waals surface area contributed by atoms with E-state index in [0.717, 1.165) is 0 Å². The van der Waals surface area contributed by atoms with Gasteiger partial charge in [0.15, 0.2) is 11.5 Å². The Bertz CT molecular complexity index is 646. The van der Waals surface area contributed by atoms with Gasteiger partial charge in [-0.1, -0.05) is 0 Å². The van der Waals surface area contributed by atoms with Gasteiger partial charge >= 0.3 is 0 Å². The van der Waals surface area contributed by atoms with Crippen LogP contribution in [0.4, 0.5) is 11.5 Å². The minimum atomic E-state index is -0.328. The number of nitrogens with zero attached hydrogens (tertiary/aromatic N) is 1. The molecule has 116 valence electrons. The molecule has 1 aromatic heterocycles. The van der Waals surface area contributed by atoms with E-state index in [0.29, 0.717) is 34.3 Å². The highest BCUT2D eigenvalue weighted by molar-refractivity contribution is 6.05. The quantitative estimate of drug-likeness (QED) is 0.876. The van der Waals surface area contributed by atoms with Crippen LogP contribution in [0.25, 0.3) is 0 Å². The maximum Gasteiger partial charge on any atom is 0.255 e. The number of nitrogens with two attached hydrogens (primary N) is 1. The van der Waals surface area contributed by atoms with E-state index in [9.17, 15) is 4.79 Å². The monoisotopic (exact) mass is 303 g/mol. The molecule has 7 nitrogen and oxygen atoms in total. The lowest BCUT2D eigenvalue weighted by Crippen LogP contribution is -2.13. The molecule has 0 aliphatic heterocycles. The Morgan fingerprint density at radius 1 is 1.09 bits per heavy atom. The van der Waals surface area contributed by atoms with Crippen LogP contribution in [0.15, 0.2) is 30.5 Å². The van der Waals surface area contributed by atoms with Crippen LogP contribution in [0, 0.1) is 0 Å². The number of nitrogens with one attached hydrogen (secondary N) is 1. The molecule has 1 aromatic carbocycles. The van der Waals surface area contributed by atoms with Gasteiger partial charge in [0.05, 0.1) is 33.2 Å². The third-order valence-electron chi connectivity index (χ3n) is 2.97. The highest BCUT2D eigenvalue weighted by Crippen LogP contribution is 2.38. The number of hydrogen-bond donors (Lipinski definition) is 2. The summed E-state index contributed by atoms with van der Waals surface area (Å²) in [4.78, 5) is 16.2. The fraction of sp³-hybridized carbons (Fsp3) is 0.200. The molecule has 0 spiro atoms. The number of hydrogen-bond acceptors (Lipinski definition) is 6. The van der Waals surface area contributed by atoms with Gasteiger partial charge in [0.2, 0.25) is 5.75 Å². The number of rotatable bonds is 5. The van der Waals surface area contributed by atoms with Gasteiger partial charge in [0.1, 0.15) is 5.82 Å². The average Bonchev–Trinajstić information content (AvgIpc) is 2.55. The maximum absolute atomic E-state index is 12.3. The van der Waals surface area contributed by atoms with Crippen LogP contribution < -0.4 is 25.3 Å². The predicted octanol–water partition coefficient (Wildman–Crippen LogP) is 1.94. The number of methoxy groups -OCH3 is 3. The van der Waals surface area contributed by atoms with Gasteiger partial charge < -0.3 is 25.3 Å². The summed E-state index contributed by atoms with van der Waals surface area (Å²) in [6.07, 6.45) is 1.48. The van der Waals surface area contributed by atoms with Gasteiger partial charge in [-0.2, -0.15) is 0 Å². The molecule has 0 fully saturated rings. The van der Waals surface area contributed by atoms with Crippen molar-refractivity contribution in [2.45, 2.75) is 0 Å². The molecule has 0 saturated heterocycles. The van der Waals surface area contributed by atoms with Crippen molar-refractivity contribution in [2.24, 2.45) is 0 Å².